The number of carbonyl (C=O) groups is 2. The second-order valence-electron chi connectivity index (χ2n) is 6.06. The van der Waals surface area contributed by atoms with E-state index in [9.17, 15) is 9.59 Å². The Morgan fingerprint density at radius 3 is 2.38 bits per heavy atom. The van der Waals surface area contributed by atoms with Crippen molar-refractivity contribution in [2.75, 3.05) is 6.61 Å². The van der Waals surface area contributed by atoms with E-state index in [-0.39, 0.29) is 18.6 Å². The first-order valence-corrected chi connectivity index (χ1v) is 8.33. The molecule has 138 valence electrons. The van der Waals surface area contributed by atoms with Gasteiger partial charge in [-0.05, 0) is 56.2 Å². The molecule has 0 aliphatic carbocycles. The molecule has 0 saturated heterocycles. The van der Waals surface area contributed by atoms with Crippen LogP contribution in [0.2, 0.25) is 0 Å². The number of carbonyl (C=O) groups excluding carboxylic acids is 1. The molecule has 6 nitrogen and oxygen atoms in total. The van der Waals surface area contributed by atoms with Crippen LogP contribution in [-0.4, -0.2) is 29.7 Å². The van der Waals surface area contributed by atoms with E-state index in [1.807, 2.05) is 38.1 Å². The molecule has 0 unspecified atom stereocenters. The van der Waals surface area contributed by atoms with Crippen LogP contribution in [0.15, 0.2) is 48.5 Å². The maximum atomic E-state index is 12.3. The molecule has 0 heterocycles. The zero-order chi connectivity index (χ0) is 19.1. The average molecular weight is 357 g/mol. The molecule has 0 saturated carbocycles. The monoisotopic (exact) mass is 357 g/mol. The van der Waals surface area contributed by atoms with E-state index in [2.05, 4.69) is 5.32 Å². The van der Waals surface area contributed by atoms with Gasteiger partial charge in [0, 0.05) is 0 Å². The molecule has 0 fully saturated rings. The third-order valence-electron chi connectivity index (χ3n) is 3.77. The van der Waals surface area contributed by atoms with Gasteiger partial charge in [-0.2, -0.15) is 0 Å². The molecule has 0 bridgehead atoms. The summed E-state index contributed by atoms with van der Waals surface area (Å²) in [6.45, 7) is 5.14. The lowest BCUT2D eigenvalue weighted by Gasteiger charge is -2.19. The summed E-state index contributed by atoms with van der Waals surface area (Å²) in [5, 5.41) is 11.5. The minimum Gasteiger partial charge on any atom is -0.482 e. The van der Waals surface area contributed by atoms with E-state index in [1.54, 1.807) is 31.2 Å². The van der Waals surface area contributed by atoms with E-state index in [0.717, 1.165) is 11.1 Å². The second kappa shape index (κ2) is 8.89. The minimum absolute atomic E-state index is 0.217. The number of carboxylic acids is 1. The van der Waals surface area contributed by atoms with Crippen LogP contribution >= 0.6 is 0 Å². The van der Waals surface area contributed by atoms with Gasteiger partial charge in [-0.15, -0.1) is 0 Å². The number of carboxylic acid groups (broad SMARTS) is 1. The Balaban J connectivity index is 1.90. The molecule has 2 rings (SSSR count). The lowest BCUT2D eigenvalue weighted by Crippen LogP contribution is -2.37. The second-order valence-corrected chi connectivity index (χ2v) is 6.06. The van der Waals surface area contributed by atoms with Gasteiger partial charge in [-0.3, -0.25) is 4.79 Å². The fourth-order valence-electron chi connectivity index (χ4n) is 2.36. The quantitative estimate of drug-likeness (QED) is 0.758. The van der Waals surface area contributed by atoms with Crippen LogP contribution in [0, 0.1) is 6.92 Å². The number of aliphatic carboxylic acids is 1. The van der Waals surface area contributed by atoms with Gasteiger partial charge in [0.15, 0.2) is 12.7 Å². The third kappa shape index (κ3) is 5.81. The largest absolute Gasteiger partial charge is 0.482 e. The van der Waals surface area contributed by atoms with E-state index in [1.165, 1.54) is 0 Å². The highest BCUT2D eigenvalue weighted by Crippen LogP contribution is 2.19. The maximum Gasteiger partial charge on any atom is 0.341 e. The molecule has 1 amide bonds. The Kier molecular flexibility index (Phi) is 6.60. The number of benzene rings is 2. The summed E-state index contributed by atoms with van der Waals surface area (Å²) >= 11 is 0. The maximum absolute atomic E-state index is 12.3. The van der Waals surface area contributed by atoms with Gasteiger partial charge >= 0.3 is 5.97 Å². The van der Waals surface area contributed by atoms with Crippen molar-refractivity contribution in [1.82, 2.24) is 5.32 Å². The summed E-state index contributed by atoms with van der Waals surface area (Å²) in [6, 6.07) is 14.2. The third-order valence-corrected chi connectivity index (χ3v) is 3.77. The number of aryl methyl sites for hydroxylation is 1. The van der Waals surface area contributed by atoms with E-state index in [0.29, 0.717) is 11.5 Å². The Bertz CT molecular complexity index is 757. The molecule has 26 heavy (non-hydrogen) atoms. The Labute approximate surface area is 152 Å². The predicted molar refractivity (Wildman–Crippen MR) is 97.4 cm³/mol. The van der Waals surface area contributed by atoms with Crippen LogP contribution in [0.3, 0.4) is 0 Å². The van der Waals surface area contributed by atoms with E-state index in [4.69, 9.17) is 14.6 Å². The number of hydrogen-bond acceptors (Lipinski definition) is 4. The molecule has 0 aromatic heterocycles. The van der Waals surface area contributed by atoms with Crippen molar-refractivity contribution >= 4 is 11.9 Å². The number of hydrogen-bond donors (Lipinski definition) is 2. The smallest absolute Gasteiger partial charge is 0.341 e. The van der Waals surface area contributed by atoms with E-state index < -0.39 is 12.1 Å². The van der Waals surface area contributed by atoms with Crippen molar-refractivity contribution in [3.8, 4) is 11.5 Å². The molecule has 2 N–H and O–H groups in total. The van der Waals surface area contributed by atoms with Crippen LogP contribution in [0.1, 0.15) is 31.0 Å². The fourth-order valence-corrected chi connectivity index (χ4v) is 2.36. The molecule has 2 aromatic carbocycles. The summed E-state index contributed by atoms with van der Waals surface area (Å²) < 4.78 is 10.8. The van der Waals surface area contributed by atoms with Crippen molar-refractivity contribution in [2.45, 2.75) is 32.9 Å². The van der Waals surface area contributed by atoms with Crippen LogP contribution < -0.4 is 14.8 Å². The predicted octanol–water partition coefficient (Wildman–Crippen LogP) is 3.10. The van der Waals surface area contributed by atoms with Gasteiger partial charge in [-0.25, -0.2) is 4.79 Å². The van der Waals surface area contributed by atoms with Crippen LogP contribution in [0.25, 0.3) is 0 Å². The topological polar surface area (TPSA) is 84.9 Å². The van der Waals surface area contributed by atoms with Crippen molar-refractivity contribution in [3.05, 3.63) is 59.7 Å². The summed E-state index contributed by atoms with van der Waals surface area (Å²) in [6.07, 6.45) is -0.627. The van der Waals surface area contributed by atoms with E-state index >= 15 is 0 Å². The number of rotatable bonds is 8. The highest BCUT2D eigenvalue weighted by atomic mass is 16.5. The lowest BCUT2D eigenvalue weighted by atomic mass is 10.1. The number of ether oxygens (including phenoxy) is 2. The van der Waals surface area contributed by atoms with Crippen LogP contribution in [0.4, 0.5) is 0 Å². The Hall–Kier alpha value is -3.02. The Morgan fingerprint density at radius 1 is 1.08 bits per heavy atom. The summed E-state index contributed by atoms with van der Waals surface area (Å²) in [7, 11) is 0. The van der Waals surface area contributed by atoms with Gasteiger partial charge in [0.2, 0.25) is 0 Å². The first kappa shape index (κ1) is 19.3. The SMILES string of the molecule is Cc1cccc(O[C@@H](C)C(=O)N[C@@H](C)c2ccc(OCC(=O)O)cc2)c1. The van der Waals surface area contributed by atoms with Gasteiger partial charge < -0.3 is 19.9 Å². The van der Waals surface area contributed by atoms with Gasteiger partial charge in [-0.1, -0.05) is 24.3 Å². The molecule has 2 aromatic rings. The molecule has 2 atom stereocenters. The molecule has 6 heteroatoms. The first-order chi connectivity index (χ1) is 12.3. The van der Waals surface area contributed by atoms with Gasteiger partial charge in [0.25, 0.3) is 5.91 Å². The fraction of sp³-hybridized carbons (Fsp3) is 0.300. The van der Waals surface area contributed by atoms with Crippen LogP contribution in [-0.2, 0) is 9.59 Å². The van der Waals surface area contributed by atoms with Crippen LogP contribution in [0.5, 0.6) is 11.5 Å². The standard InChI is InChI=1S/C20H23NO5/c1-13-5-4-6-18(11-13)26-15(3)20(24)21-14(2)16-7-9-17(10-8-16)25-12-19(22)23/h4-11,14-15H,12H2,1-3H3,(H,21,24)(H,22,23)/t14-,15-/m0/s1. The molecule has 0 aliphatic rings. The van der Waals surface area contributed by atoms with Gasteiger partial charge in [0.05, 0.1) is 6.04 Å². The summed E-state index contributed by atoms with van der Waals surface area (Å²) in [4.78, 5) is 22.8. The lowest BCUT2D eigenvalue weighted by molar-refractivity contribution is -0.139. The zero-order valence-corrected chi connectivity index (χ0v) is 15.1. The Morgan fingerprint density at radius 2 is 1.77 bits per heavy atom. The average Bonchev–Trinajstić information content (AvgIpc) is 2.60. The minimum atomic E-state index is -1.03. The van der Waals surface area contributed by atoms with Crippen molar-refractivity contribution in [1.29, 1.82) is 0 Å². The zero-order valence-electron chi connectivity index (χ0n) is 15.1. The first-order valence-electron chi connectivity index (χ1n) is 8.33. The van der Waals surface area contributed by atoms with Crippen molar-refractivity contribution < 1.29 is 24.2 Å². The number of amides is 1. The van der Waals surface area contributed by atoms with Gasteiger partial charge in [0.1, 0.15) is 11.5 Å². The number of nitrogens with one attached hydrogen (secondary N) is 1. The highest BCUT2D eigenvalue weighted by Gasteiger charge is 2.18. The molecule has 0 spiro atoms. The highest BCUT2D eigenvalue weighted by molar-refractivity contribution is 5.81. The molecule has 0 radical (unpaired) electrons. The summed E-state index contributed by atoms with van der Waals surface area (Å²) in [5.41, 5.74) is 1.94. The molecule has 0 aliphatic heterocycles. The normalized spacial score (nSPS) is 12.7. The molecular formula is C20H23NO5. The molecular weight excluding hydrogens is 334 g/mol. The van der Waals surface area contributed by atoms with Crippen molar-refractivity contribution in [3.63, 3.8) is 0 Å². The van der Waals surface area contributed by atoms with Crippen molar-refractivity contribution in [2.24, 2.45) is 0 Å². The summed E-state index contributed by atoms with van der Waals surface area (Å²) in [5.74, 6) is -0.131.